The maximum atomic E-state index is 9.58. The van der Waals surface area contributed by atoms with Crippen LogP contribution in [0.3, 0.4) is 0 Å². The molecular weight excluding hydrogens is 184 g/mol. The molecule has 0 atom stereocenters. The molecule has 0 fully saturated rings. The summed E-state index contributed by atoms with van der Waals surface area (Å²) in [5, 5.41) is 10.3. The number of rotatable bonds is 3. The van der Waals surface area contributed by atoms with Gasteiger partial charge in [-0.1, -0.05) is 24.9 Å². The third-order valence-corrected chi connectivity index (χ3v) is 2.57. The molecule has 0 amide bonds. The smallest absolute Gasteiger partial charge is 0.119 e. The highest BCUT2D eigenvalue weighted by atomic mass is 35.5. The van der Waals surface area contributed by atoms with Crippen molar-refractivity contribution in [1.82, 2.24) is 0 Å². The summed E-state index contributed by atoms with van der Waals surface area (Å²) in [6, 6.07) is 3.59. The maximum Gasteiger partial charge on any atom is 0.119 e. The average molecular weight is 199 g/mol. The van der Waals surface area contributed by atoms with E-state index in [1.54, 1.807) is 6.07 Å². The standard InChI is InChI=1S/C11H15ClO/c1-3-4-5-9-7-10(12)8(2)6-11(9)13/h6-7,13H,3-5H2,1-2H3. The second-order valence-corrected chi connectivity index (χ2v) is 3.74. The van der Waals surface area contributed by atoms with Gasteiger partial charge in [-0.05, 0) is 43.0 Å². The molecule has 0 saturated carbocycles. The molecule has 2 heteroatoms. The van der Waals surface area contributed by atoms with Crippen molar-refractivity contribution >= 4 is 11.6 Å². The monoisotopic (exact) mass is 198 g/mol. The largest absolute Gasteiger partial charge is 0.508 e. The van der Waals surface area contributed by atoms with Crippen molar-refractivity contribution in [2.75, 3.05) is 0 Å². The minimum atomic E-state index is 0.371. The SMILES string of the molecule is CCCCc1cc(Cl)c(C)cc1O. The molecule has 13 heavy (non-hydrogen) atoms. The van der Waals surface area contributed by atoms with Gasteiger partial charge in [0.25, 0.3) is 0 Å². The molecular formula is C11H15ClO. The molecule has 0 bridgehead atoms. The van der Waals surface area contributed by atoms with E-state index in [2.05, 4.69) is 6.92 Å². The Hall–Kier alpha value is -0.690. The van der Waals surface area contributed by atoms with Crippen molar-refractivity contribution in [3.8, 4) is 5.75 Å². The van der Waals surface area contributed by atoms with Crippen molar-refractivity contribution in [1.29, 1.82) is 0 Å². The van der Waals surface area contributed by atoms with Crippen LogP contribution in [0.4, 0.5) is 0 Å². The molecule has 0 heterocycles. The van der Waals surface area contributed by atoms with Crippen molar-refractivity contribution in [2.24, 2.45) is 0 Å². The predicted octanol–water partition coefficient (Wildman–Crippen LogP) is 3.70. The number of aryl methyl sites for hydroxylation is 2. The number of halogens is 1. The van der Waals surface area contributed by atoms with E-state index >= 15 is 0 Å². The molecule has 0 unspecified atom stereocenters. The number of phenols is 1. The normalized spacial score (nSPS) is 10.4. The molecule has 0 aliphatic carbocycles. The maximum absolute atomic E-state index is 9.58. The van der Waals surface area contributed by atoms with Gasteiger partial charge in [0.2, 0.25) is 0 Å². The fourth-order valence-electron chi connectivity index (χ4n) is 1.27. The third kappa shape index (κ3) is 2.63. The number of hydrogen-bond donors (Lipinski definition) is 1. The van der Waals surface area contributed by atoms with E-state index in [-0.39, 0.29) is 0 Å². The van der Waals surface area contributed by atoms with Gasteiger partial charge in [0.1, 0.15) is 5.75 Å². The van der Waals surface area contributed by atoms with Crippen LogP contribution in [0.2, 0.25) is 5.02 Å². The van der Waals surface area contributed by atoms with E-state index in [1.807, 2.05) is 13.0 Å². The summed E-state index contributed by atoms with van der Waals surface area (Å²) in [5.74, 6) is 0.371. The first-order chi connectivity index (χ1) is 6.15. The van der Waals surface area contributed by atoms with E-state index < -0.39 is 0 Å². The van der Waals surface area contributed by atoms with Crippen LogP contribution >= 0.6 is 11.6 Å². The number of hydrogen-bond acceptors (Lipinski definition) is 1. The highest BCUT2D eigenvalue weighted by Gasteiger charge is 2.04. The Morgan fingerprint density at radius 1 is 1.38 bits per heavy atom. The van der Waals surface area contributed by atoms with Crippen LogP contribution in [-0.2, 0) is 6.42 Å². The summed E-state index contributed by atoms with van der Waals surface area (Å²) >= 11 is 5.95. The first kappa shape index (κ1) is 10.4. The van der Waals surface area contributed by atoms with Gasteiger partial charge in [0.15, 0.2) is 0 Å². The molecule has 1 aromatic rings. The molecule has 0 aliphatic rings. The van der Waals surface area contributed by atoms with Crippen LogP contribution in [0.25, 0.3) is 0 Å². The Bertz CT molecular complexity index is 294. The van der Waals surface area contributed by atoms with E-state index in [0.717, 1.165) is 35.4 Å². The zero-order chi connectivity index (χ0) is 9.84. The predicted molar refractivity (Wildman–Crippen MR) is 56.5 cm³/mol. The molecule has 1 rings (SSSR count). The average Bonchev–Trinajstić information content (AvgIpc) is 2.09. The van der Waals surface area contributed by atoms with Gasteiger partial charge >= 0.3 is 0 Å². The van der Waals surface area contributed by atoms with Gasteiger partial charge in [-0.3, -0.25) is 0 Å². The zero-order valence-electron chi connectivity index (χ0n) is 8.10. The van der Waals surface area contributed by atoms with Crippen molar-refractivity contribution in [3.05, 3.63) is 28.3 Å². The molecule has 1 N–H and O–H groups in total. The van der Waals surface area contributed by atoms with Gasteiger partial charge in [0, 0.05) is 5.02 Å². The summed E-state index contributed by atoms with van der Waals surface area (Å²) in [6.45, 7) is 4.03. The Morgan fingerprint density at radius 2 is 2.08 bits per heavy atom. The lowest BCUT2D eigenvalue weighted by molar-refractivity contribution is 0.466. The van der Waals surface area contributed by atoms with Gasteiger partial charge in [0.05, 0.1) is 0 Å². The number of phenolic OH excluding ortho intramolecular Hbond substituents is 1. The van der Waals surface area contributed by atoms with Gasteiger partial charge in [-0.25, -0.2) is 0 Å². The quantitative estimate of drug-likeness (QED) is 0.786. The fraction of sp³-hybridized carbons (Fsp3) is 0.455. The third-order valence-electron chi connectivity index (χ3n) is 2.16. The Kier molecular flexibility index (Phi) is 3.61. The molecule has 72 valence electrons. The number of unbranched alkanes of at least 4 members (excludes halogenated alkanes) is 1. The van der Waals surface area contributed by atoms with E-state index in [4.69, 9.17) is 11.6 Å². The van der Waals surface area contributed by atoms with Crippen LogP contribution in [0.1, 0.15) is 30.9 Å². The number of aromatic hydroxyl groups is 1. The molecule has 0 saturated heterocycles. The Morgan fingerprint density at radius 3 is 2.69 bits per heavy atom. The van der Waals surface area contributed by atoms with E-state index in [9.17, 15) is 5.11 Å². The van der Waals surface area contributed by atoms with Gasteiger partial charge < -0.3 is 5.11 Å². The van der Waals surface area contributed by atoms with Crippen LogP contribution in [-0.4, -0.2) is 5.11 Å². The van der Waals surface area contributed by atoms with Gasteiger partial charge in [-0.15, -0.1) is 0 Å². The molecule has 1 aromatic carbocycles. The van der Waals surface area contributed by atoms with E-state index in [1.165, 1.54) is 0 Å². The summed E-state index contributed by atoms with van der Waals surface area (Å²) < 4.78 is 0. The van der Waals surface area contributed by atoms with Gasteiger partial charge in [-0.2, -0.15) is 0 Å². The second kappa shape index (κ2) is 4.52. The molecule has 0 spiro atoms. The zero-order valence-corrected chi connectivity index (χ0v) is 8.86. The van der Waals surface area contributed by atoms with Crippen molar-refractivity contribution < 1.29 is 5.11 Å². The van der Waals surface area contributed by atoms with Crippen LogP contribution in [0.15, 0.2) is 12.1 Å². The lowest BCUT2D eigenvalue weighted by Crippen LogP contribution is -1.87. The van der Waals surface area contributed by atoms with Crippen molar-refractivity contribution in [3.63, 3.8) is 0 Å². The van der Waals surface area contributed by atoms with E-state index in [0.29, 0.717) is 5.75 Å². The summed E-state index contributed by atoms with van der Waals surface area (Å²) in [6.07, 6.45) is 3.13. The summed E-state index contributed by atoms with van der Waals surface area (Å²) in [4.78, 5) is 0. The Balaban J connectivity index is 2.88. The fourth-order valence-corrected chi connectivity index (χ4v) is 1.46. The lowest BCUT2D eigenvalue weighted by atomic mass is 10.1. The molecule has 0 aliphatic heterocycles. The Labute approximate surface area is 84.4 Å². The topological polar surface area (TPSA) is 20.2 Å². The summed E-state index contributed by atoms with van der Waals surface area (Å²) in [7, 11) is 0. The first-order valence-electron chi connectivity index (χ1n) is 4.63. The first-order valence-corrected chi connectivity index (χ1v) is 5.01. The van der Waals surface area contributed by atoms with Crippen LogP contribution in [0.5, 0.6) is 5.75 Å². The van der Waals surface area contributed by atoms with Crippen LogP contribution in [0, 0.1) is 6.92 Å². The second-order valence-electron chi connectivity index (χ2n) is 3.33. The molecule has 1 nitrogen and oxygen atoms in total. The number of benzene rings is 1. The molecule has 0 radical (unpaired) electrons. The minimum absolute atomic E-state index is 0.371. The van der Waals surface area contributed by atoms with Crippen LogP contribution < -0.4 is 0 Å². The molecule has 0 aromatic heterocycles. The highest BCUT2D eigenvalue weighted by molar-refractivity contribution is 6.31. The summed E-state index contributed by atoms with van der Waals surface area (Å²) in [5.41, 5.74) is 1.89. The lowest BCUT2D eigenvalue weighted by Gasteiger charge is -2.06. The minimum Gasteiger partial charge on any atom is -0.508 e. The van der Waals surface area contributed by atoms with Crippen molar-refractivity contribution in [2.45, 2.75) is 33.1 Å². The highest BCUT2D eigenvalue weighted by Crippen LogP contribution is 2.26.